The number of carbonyl (C=O) groups excluding carboxylic acids is 3. The first-order valence-electron chi connectivity index (χ1n) is 9.79. The van der Waals surface area contributed by atoms with Gasteiger partial charge in [0.25, 0.3) is 0 Å². The van der Waals surface area contributed by atoms with Gasteiger partial charge in [-0.05, 0) is 39.6 Å². The van der Waals surface area contributed by atoms with Crippen molar-refractivity contribution < 1.29 is 28.3 Å². The van der Waals surface area contributed by atoms with Crippen molar-refractivity contribution in [3.8, 4) is 0 Å². The van der Waals surface area contributed by atoms with Crippen molar-refractivity contribution in [1.29, 1.82) is 0 Å². The van der Waals surface area contributed by atoms with Gasteiger partial charge in [0.2, 0.25) is 5.91 Å². The number of hydrogen-bond acceptors (Lipinski definition) is 7. The zero-order chi connectivity index (χ0) is 22.6. The molecule has 7 nitrogen and oxygen atoms in total. The van der Waals surface area contributed by atoms with Crippen molar-refractivity contribution in [2.24, 2.45) is 5.92 Å². The van der Waals surface area contributed by atoms with E-state index >= 15 is 0 Å². The molecule has 2 unspecified atom stereocenters. The standard InChI is InChI=1S/C19H35NO6SSi2/c1-13(26-29(6,7)8)10-9-11-24-18(23)19(2,28(3,4)5)25-15(21)12-14-16(22)20-17(14)27/h9-10,13-14,17,27H,11-12H2,1-8H3,(H,20,22)/t13?,14-,17+,19?/m0/s1. The topological polar surface area (TPSA) is 90.9 Å². The van der Waals surface area contributed by atoms with Crippen LogP contribution in [0.5, 0.6) is 0 Å². The first-order valence-corrected chi connectivity index (χ1v) is 17.2. The largest absolute Gasteiger partial charge is 0.459 e. The number of hydrogen-bond donors (Lipinski definition) is 2. The van der Waals surface area contributed by atoms with Crippen molar-refractivity contribution in [3.63, 3.8) is 0 Å². The average Bonchev–Trinajstić information content (AvgIpc) is 2.54. The minimum absolute atomic E-state index is 0.0654. The third-order valence-electron chi connectivity index (χ3n) is 4.79. The van der Waals surface area contributed by atoms with Crippen LogP contribution < -0.4 is 5.32 Å². The van der Waals surface area contributed by atoms with E-state index in [4.69, 9.17) is 13.9 Å². The fourth-order valence-corrected chi connectivity index (χ4v) is 5.33. The molecule has 0 bridgehead atoms. The van der Waals surface area contributed by atoms with Gasteiger partial charge >= 0.3 is 11.9 Å². The molecule has 4 atom stereocenters. The highest BCUT2D eigenvalue weighted by Gasteiger charge is 2.51. The van der Waals surface area contributed by atoms with Crippen LogP contribution in [0.15, 0.2) is 12.2 Å². The summed E-state index contributed by atoms with van der Waals surface area (Å²) in [4.78, 5) is 36.7. The smallest absolute Gasteiger partial charge is 0.346 e. The molecular formula is C19H35NO6SSi2. The van der Waals surface area contributed by atoms with Gasteiger partial charge in [0, 0.05) is 0 Å². The average molecular weight is 462 g/mol. The highest BCUT2D eigenvalue weighted by atomic mass is 32.1. The van der Waals surface area contributed by atoms with Crippen molar-refractivity contribution in [2.45, 2.75) is 76.3 Å². The Hall–Kier alpha value is -1.11. The van der Waals surface area contributed by atoms with E-state index in [9.17, 15) is 14.4 Å². The summed E-state index contributed by atoms with van der Waals surface area (Å²) in [6.45, 7) is 15.7. The second-order valence-corrected chi connectivity index (χ2v) is 20.0. The molecule has 0 aliphatic carbocycles. The second-order valence-electron chi connectivity index (χ2n) is 9.48. The number of rotatable bonds is 10. The lowest BCUT2D eigenvalue weighted by atomic mass is 9.98. The van der Waals surface area contributed by atoms with E-state index in [0.717, 1.165) is 0 Å². The van der Waals surface area contributed by atoms with Crippen LogP contribution in [-0.2, 0) is 28.3 Å². The molecule has 1 amide bonds. The van der Waals surface area contributed by atoms with Crippen LogP contribution in [0.3, 0.4) is 0 Å². The van der Waals surface area contributed by atoms with Gasteiger partial charge in [-0.1, -0.05) is 25.7 Å². The molecule has 1 heterocycles. The summed E-state index contributed by atoms with van der Waals surface area (Å²) in [7, 11) is -3.95. The number of amides is 1. The molecule has 1 rings (SSSR count). The van der Waals surface area contributed by atoms with Gasteiger partial charge in [-0.2, -0.15) is 12.6 Å². The molecule has 0 saturated carbocycles. The number of esters is 2. The Morgan fingerprint density at radius 1 is 1.24 bits per heavy atom. The molecule has 0 aromatic heterocycles. The molecule has 1 N–H and O–H groups in total. The van der Waals surface area contributed by atoms with Crippen molar-refractivity contribution in [2.75, 3.05) is 6.61 Å². The first-order chi connectivity index (χ1) is 13.1. The lowest BCUT2D eigenvalue weighted by molar-refractivity contribution is -0.173. The second kappa shape index (κ2) is 9.80. The normalized spacial score (nSPS) is 23.0. The molecule has 29 heavy (non-hydrogen) atoms. The maximum atomic E-state index is 12.8. The Morgan fingerprint density at radius 3 is 2.28 bits per heavy atom. The third-order valence-corrected chi connectivity index (χ3v) is 9.53. The molecule has 0 spiro atoms. The highest BCUT2D eigenvalue weighted by Crippen LogP contribution is 2.29. The predicted molar refractivity (Wildman–Crippen MR) is 121 cm³/mol. The SMILES string of the molecule is CC(C=CCOC(=O)C(C)(OC(=O)C[C@H]1C(=O)N[C@@H]1S)[Si](C)(C)C)O[Si](C)(C)C. The maximum Gasteiger partial charge on any atom is 0.346 e. The quantitative estimate of drug-likeness (QED) is 0.171. The molecular weight excluding hydrogens is 426 g/mol. The van der Waals surface area contributed by atoms with Crippen LogP contribution in [0, 0.1) is 5.92 Å². The fraction of sp³-hybridized carbons (Fsp3) is 0.737. The summed E-state index contributed by atoms with van der Waals surface area (Å²) >= 11 is 4.18. The summed E-state index contributed by atoms with van der Waals surface area (Å²) < 4.78 is 16.9. The minimum Gasteiger partial charge on any atom is -0.459 e. The van der Waals surface area contributed by atoms with Gasteiger partial charge in [-0.15, -0.1) is 0 Å². The molecule has 166 valence electrons. The number of carbonyl (C=O) groups is 3. The van der Waals surface area contributed by atoms with Crippen LogP contribution in [0.1, 0.15) is 20.3 Å². The number of β-lactam (4-membered cyclic amide) rings is 1. The molecule has 10 heteroatoms. The zero-order valence-electron chi connectivity index (χ0n) is 18.7. The van der Waals surface area contributed by atoms with Crippen molar-refractivity contribution in [1.82, 2.24) is 5.32 Å². The van der Waals surface area contributed by atoms with E-state index in [1.54, 1.807) is 13.0 Å². The molecule has 1 aliphatic rings. The van der Waals surface area contributed by atoms with E-state index in [1.807, 2.05) is 32.6 Å². The Balaban J connectivity index is 2.70. The van der Waals surface area contributed by atoms with Crippen molar-refractivity contribution >= 4 is 46.9 Å². The molecule has 1 aliphatic heterocycles. The van der Waals surface area contributed by atoms with Gasteiger partial charge in [0.1, 0.15) is 14.7 Å². The highest BCUT2D eigenvalue weighted by molar-refractivity contribution is 7.81. The van der Waals surface area contributed by atoms with Crippen LogP contribution in [0.4, 0.5) is 0 Å². The minimum atomic E-state index is -2.31. The number of nitrogens with one attached hydrogen (secondary N) is 1. The van der Waals surface area contributed by atoms with E-state index in [2.05, 4.69) is 37.6 Å². The fourth-order valence-electron chi connectivity index (χ4n) is 2.66. The molecule has 1 saturated heterocycles. The van der Waals surface area contributed by atoms with Gasteiger partial charge in [-0.25, -0.2) is 4.79 Å². The predicted octanol–water partition coefficient (Wildman–Crippen LogP) is 2.90. The Bertz CT molecular complexity index is 658. The Labute approximate surface area is 181 Å². The molecule has 0 radical (unpaired) electrons. The summed E-state index contributed by atoms with van der Waals surface area (Å²) in [5.41, 5.74) is 0. The van der Waals surface area contributed by atoms with Crippen molar-refractivity contribution in [3.05, 3.63) is 12.2 Å². The van der Waals surface area contributed by atoms with Gasteiger partial charge < -0.3 is 19.2 Å². The zero-order valence-corrected chi connectivity index (χ0v) is 21.6. The molecule has 0 aromatic carbocycles. The van der Waals surface area contributed by atoms with E-state index in [0.29, 0.717) is 0 Å². The lowest BCUT2D eigenvalue weighted by Gasteiger charge is -2.38. The van der Waals surface area contributed by atoms with Crippen LogP contribution in [0.25, 0.3) is 0 Å². The van der Waals surface area contributed by atoms with Gasteiger partial charge in [0.15, 0.2) is 13.5 Å². The van der Waals surface area contributed by atoms with Crippen LogP contribution in [0.2, 0.25) is 39.3 Å². The summed E-state index contributed by atoms with van der Waals surface area (Å²) in [6.07, 6.45) is 3.41. The summed E-state index contributed by atoms with van der Waals surface area (Å²) in [5.74, 6) is -1.95. The van der Waals surface area contributed by atoms with E-state index < -0.39 is 39.5 Å². The van der Waals surface area contributed by atoms with Gasteiger partial charge in [-0.3, -0.25) is 9.59 Å². The Morgan fingerprint density at radius 2 is 1.83 bits per heavy atom. The summed E-state index contributed by atoms with van der Waals surface area (Å²) in [5, 5.41) is 0.827. The van der Waals surface area contributed by atoms with Crippen LogP contribution in [-0.4, -0.2) is 57.5 Å². The number of thiol groups is 1. The number of ether oxygens (including phenoxy) is 2. The van der Waals surface area contributed by atoms with Crippen LogP contribution >= 0.6 is 12.6 Å². The third kappa shape index (κ3) is 7.58. The monoisotopic (exact) mass is 461 g/mol. The molecule has 1 fully saturated rings. The lowest BCUT2D eigenvalue weighted by Crippen LogP contribution is -2.60. The Kier molecular flexibility index (Phi) is 8.76. The summed E-state index contributed by atoms with van der Waals surface area (Å²) in [6, 6.07) is 0. The molecule has 0 aromatic rings. The maximum absolute atomic E-state index is 12.8. The van der Waals surface area contributed by atoms with Gasteiger partial charge in [0.05, 0.1) is 23.8 Å². The van der Waals surface area contributed by atoms with E-state index in [-0.39, 0.29) is 30.4 Å². The first kappa shape index (κ1) is 25.9. The van der Waals surface area contributed by atoms with E-state index in [1.165, 1.54) is 0 Å².